The van der Waals surface area contributed by atoms with Gasteiger partial charge in [0.25, 0.3) is 0 Å². The van der Waals surface area contributed by atoms with Crippen LogP contribution < -0.4 is 10.6 Å². The predicted octanol–water partition coefficient (Wildman–Crippen LogP) is 4.25. The molecule has 0 spiro atoms. The molecule has 3 rings (SSSR count). The fourth-order valence-electron chi connectivity index (χ4n) is 2.93. The zero-order valence-corrected chi connectivity index (χ0v) is 19.1. The minimum atomic E-state index is -0.181. The topological polar surface area (TPSA) is 54.2 Å². The maximum atomic E-state index is 13.4. The van der Waals surface area contributed by atoms with Crippen LogP contribution in [-0.4, -0.2) is 22.1 Å². The lowest BCUT2D eigenvalue weighted by Crippen LogP contribution is -2.36. The largest absolute Gasteiger partial charge is 0.357 e. The van der Waals surface area contributed by atoms with Crippen molar-refractivity contribution in [2.75, 3.05) is 6.54 Å². The molecule has 0 bridgehead atoms. The molecule has 0 saturated carbocycles. The molecule has 0 aliphatic heterocycles. The van der Waals surface area contributed by atoms with Crippen LogP contribution in [0.1, 0.15) is 29.2 Å². The molecular formula is C22H27FIN5. The maximum absolute atomic E-state index is 13.4. The number of hydrogen-bond acceptors (Lipinski definition) is 2. The second-order valence-electron chi connectivity index (χ2n) is 6.69. The number of aromatic nitrogens is 2. The summed E-state index contributed by atoms with van der Waals surface area (Å²) in [6.45, 7) is 6.54. The van der Waals surface area contributed by atoms with Crippen molar-refractivity contribution in [3.05, 3.63) is 89.3 Å². The smallest absolute Gasteiger partial charge is 0.191 e. The number of imidazole rings is 1. The van der Waals surface area contributed by atoms with Gasteiger partial charge in [0.15, 0.2) is 5.96 Å². The van der Waals surface area contributed by atoms with Crippen molar-refractivity contribution < 1.29 is 4.39 Å². The Bertz CT molecular complexity index is 925. The first kappa shape index (κ1) is 22.9. The van der Waals surface area contributed by atoms with Gasteiger partial charge in [-0.1, -0.05) is 36.4 Å². The molecule has 2 aromatic carbocycles. The average Bonchev–Trinajstić information content (AvgIpc) is 3.20. The first-order chi connectivity index (χ1) is 13.6. The molecule has 1 aromatic heterocycles. The lowest BCUT2D eigenvalue weighted by atomic mass is 10.1. The zero-order chi connectivity index (χ0) is 19.8. The van der Waals surface area contributed by atoms with Crippen molar-refractivity contribution in [1.29, 1.82) is 0 Å². The van der Waals surface area contributed by atoms with Crippen LogP contribution >= 0.6 is 24.0 Å². The molecule has 0 fully saturated rings. The number of rotatable bonds is 7. The van der Waals surface area contributed by atoms with E-state index in [0.29, 0.717) is 18.7 Å². The van der Waals surface area contributed by atoms with E-state index in [1.54, 1.807) is 19.2 Å². The lowest BCUT2D eigenvalue weighted by molar-refractivity contribution is 0.617. The summed E-state index contributed by atoms with van der Waals surface area (Å²) in [6, 6.07) is 13.5. The quantitative estimate of drug-likeness (QED) is 0.286. The third-order valence-electron chi connectivity index (χ3n) is 4.36. The summed E-state index contributed by atoms with van der Waals surface area (Å²) >= 11 is 0. The summed E-state index contributed by atoms with van der Waals surface area (Å²) in [5.74, 6) is 0.560. The van der Waals surface area contributed by atoms with Crippen LogP contribution in [0.15, 0.2) is 66.2 Å². The third-order valence-corrected chi connectivity index (χ3v) is 4.36. The predicted molar refractivity (Wildman–Crippen MR) is 126 cm³/mol. The molecule has 0 aliphatic carbocycles. The lowest BCUT2D eigenvalue weighted by Gasteiger charge is -2.12. The molecule has 2 N–H and O–H groups in total. The minimum absolute atomic E-state index is 0. The van der Waals surface area contributed by atoms with Gasteiger partial charge < -0.3 is 15.2 Å². The van der Waals surface area contributed by atoms with Crippen LogP contribution in [0.2, 0.25) is 0 Å². The fourth-order valence-corrected chi connectivity index (χ4v) is 2.93. The van der Waals surface area contributed by atoms with Crippen LogP contribution in [-0.2, 0) is 19.6 Å². The number of benzene rings is 2. The van der Waals surface area contributed by atoms with E-state index in [1.807, 2.05) is 30.1 Å². The van der Waals surface area contributed by atoms with Crippen LogP contribution in [0.3, 0.4) is 0 Å². The Labute approximate surface area is 188 Å². The highest BCUT2D eigenvalue weighted by atomic mass is 127. The van der Waals surface area contributed by atoms with Gasteiger partial charge in [-0.25, -0.2) is 14.4 Å². The summed E-state index contributed by atoms with van der Waals surface area (Å²) in [7, 11) is 0. The average molecular weight is 507 g/mol. The Balaban J connectivity index is 0.00000300. The van der Waals surface area contributed by atoms with E-state index in [1.165, 1.54) is 11.6 Å². The zero-order valence-electron chi connectivity index (χ0n) is 16.7. The summed E-state index contributed by atoms with van der Waals surface area (Å²) in [4.78, 5) is 8.76. The van der Waals surface area contributed by atoms with Crippen LogP contribution in [0.5, 0.6) is 0 Å². The van der Waals surface area contributed by atoms with E-state index < -0.39 is 0 Å². The van der Waals surface area contributed by atoms with Crippen molar-refractivity contribution in [2.45, 2.75) is 33.5 Å². The first-order valence-electron chi connectivity index (χ1n) is 9.45. The Morgan fingerprint density at radius 2 is 1.93 bits per heavy atom. The van der Waals surface area contributed by atoms with Crippen molar-refractivity contribution in [3.8, 4) is 0 Å². The second-order valence-corrected chi connectivity index (χ2v) is 6.69. The monoisotopic (exact) mass is 507 g/mol. The van der Waals surface area contributed by atoms with Gasteiger partial charge in [0.2, 0.25) is 0 Å². The number of aryl methyl sites for hydroxylation is 1. The summed E-state index contributed by atoms with van der Waals surface area (Å²) in [5, 5.41) is 6.56. The second kappa shape index (κ2) is 11.5. The highest BCUT2D eigenvalue weighted by molar-refractivity contribution is 14.0. The van der Waals surface area contributed by atoms with E-state index in [9.17, 15) is 4.39 Å². The summed E-state index contributed by atoms with van der Waals surface area (Å²) < 4.78 is 15.5. The van der Waals surface area contributed by atoms with Crippen molar-refractivity contribution in [1.82, 2.24) is 20.2 Å². The molecule has 5 nitrogen and oxygen atoms in total. The minimum Gasteiger partial charge on any atom is -0.357 e. The van der Waals surface area contributed by atoms with Gasteiger partial charge in [0.1, 0.15) is 5.82 Å². The third kappa shape index (κ3) is 7.16. The van der Waals surface area contributed by atoms with E-state index in [0.717, 1.165) is 30.2 Å². The van der Waals surface area contributed by atoms with Gasteiger partial charge in [0.05, 0.1) is 12.9 Å². The van der Waals surface area contributed by atoms with E-state index in [4.69, 9.17) is 0 Å². The van der Waals surface area contributed by atoms with Gasteiger partial charge in [-0.2, -0.15) is 0 Å². The molecule has 154 valence electrons. The molecule has 3 aromatic rings. The highest BCUT2D eigenvalue weighted by Crippen LogP contribution is 2.10. The van der Waals surface area contributed by atoms with Gasteiger partial charge in [-0.05, 0) is 42.2 Å². The summed E-state index contributed by atoms with van der Waals surface area (Å²) in [5.41, 5.74) is 4.03. The van der Waals surface area contributed by atoms with Gasteiger partial charge in [-0.3, -0.25) is 0 Å². The maximum Gasteiger partial charge on any atom is 0.191 e. The molecule has 0 atom stereocenters. The number of halogens is 2. The standard InChI is InChI=1S/C22H26FN5.HI/c1-3-25-22(27-14-19-7-8-21(23)17(2)11-19)26-13-18-5-4-6-20(12-18)15-28-10-9-24-16-28;/h4-12,16H,3,13-15H2,1-2H3,(H2,25,26,27);1H. The SMILES string of the molecule is CCNC(=NCc1cccc(Cn2ccnc2)c1)NCc1ccc(F)c(C)c1.I. The molecule has 0 amide bonds. The highest BCUT2D eigenvalue weighted by Gasteiger charge is 2.02. The number of guanidine groups is 1. The Hall–Kier alpha value is -2.42. The normalized spacial score (nSPS) is 11.1. The number of aliphatic imine (C=N–C) groups is 1. The van der Waals surface area contributed by atoms with Crippen molar-refractivity contribution >= 4 is 29.9 Å². The fraction of sp³-hybridized carbons (Fsp3) is 0.273. The van der Waals surface area contributed by atoms with Crippen LogP contribution in [0.25, 0.3) is 0 Å². The number of hydrogen-bond donors (Lipinski definition) is 2. The Morgan fingerprint density at radius 1 is 1.10 bits per heavy atom. The molecule has 29 heavy (non-hydrogen) atoms. The van der Waals surface area contributed by atoms with Crippen LogP contribution in [0.4, 0.5) is 4.39 Å². The van der Waals surface area contributed by atoms with Gasteiger partial charge in [-0.15, -0.1) is 24.0 Å². The van der Waals surface area contributed by atoms with Gasteiger partial charge >= 0.3 is 0 Å². The summed E-state index contributed by atoms with van der Waals surface area (Å²) in [6.07, 6.45) is 5.55. The first-order valence-corrected chi connectivity index (χ1v) is 9.45. The molecular weight excluding hydrogens is 480 g/mol. The van der Waals surface area contributed by atoms with E-state index >= 15 is 0 Å². The Kier molecular flexibility index (Phi) is 9.11. The number of nitrogens with zero attached hydrogens (tertiary/aromatic N) is 3. The molecule has 0 aliphatic rings. The van der Waals surface area contributed by atoms with Crippen molar-refractivity contribution in [3.63, 3.8) is 0 Å². The molecule has 7 heteroatoms. The van der Waals surface area contributed by atoms with Gasteiger partial charge in [0, 0.05) is 32.0 Å². The van der Waals surface area contributed by atoms with Crippen molar-refractivity contribution in [2.24, 2.45) is 4.99 Å². The molecule has 0 radical (unpaired) electrons. The van der Waals surface area contributed by atoms with E-state index in [-0.39, 0.29) is 29.8 Å². The van der Waals surface area contributed by atoms with E-state index in [2.05, 4.69) is 44.9 Å². The molecule has 1 heterocycles. The van der Waals surface area contributed by atoms with Crippen LogP contribution in [0, 0.1) is 12.7 Å². The number of nitrogens with one attached hydrogen (secondary N) is 2. The molecule has 0 unspecified atom stereocenters. The molecule has 0 saturated heterocycles. The Morgan fingerprint density at radius 3 is 2.66 bits per heavy atom.